The Kier molecular flexibility index (Phi) is 5.32. The fraction of sp³-hybridized carbons (Fsp3) is 0.684. The molecular weight excluding hydrogens is 258 g/mol. The van der Waals surface area contributed by atoms with E-state index in [9.17, 15) is 0 Å². The highest BCUT2D eigenvalue weighted by Gasteiger charge is 2.34. The lowest BCUT2D eigenvalue weighted by molar-refractivity contribution is -0.0810. The van der Waals surface area contributed by atoms with Gasteiger partial charge < -0.3 is 10.1 Å². The lowest BCUT2D eigenvalue weighted by Gasteiger charge is -2.40. The highest BCUT2D eigenvalue weighted by molar-refractivity contribution is 5.20. The zero-order valence-corrected chi connectivity index (χ0v) is 13.3. The second kappa shape index (κ2) is 7.42. The second-order valence-electron chi connectivity index (χ2n) is 6.71. The Labute approximate surface area is 129 Å². The predicted molar refractivity (Wildman–Crippen MR) is 87.6 cm³/mol. The largest absolute Gasteiger partial charge is 0.373 e. The summed E-state index contributed by atoms with van der Waals surface area (Å²) in [5.41, 5.74) is 1.49. The van der Waals surface area contributed by atoms with Crippen LogP contribution in [0, 0.1) is 0 Å². The first-order valence-electron chi connectivity index (χ1n) is 8.80. The average Bonchev–Trinajstić information content (AvgIpc) is 2.50. The van der Waals surface area contributed by atoms with Crippen molar-refractivity contribution in [2.75, 3.05) is 6.54 Å². The monoisotopic (exact) mass is 287 g/mol. The third kappa shape index (κ3) is 3.87. The molecule has 0 bridgehead atoms. The van der Waals surface area contributed by atoms with E-state index in [-0.39, 0.29) is 0 Å². The van der Waals surface area contributed by atoms with Gasteiger partial charge in [-0.25, -0.2) is 0 Å². The van der Waals surface area contributed by atoms with Gasteiger partial charge in [-0.1, -0.05) is 37.3 Å². The van der Waals surface area contributed by atoms with Crippen molar-refractivity contribution < 1.29 is 4.74 Å². The zero-order valence-electron chi connectivity index (χ0n) is 13.3. The van der Waals surface area contributed by atoms with Gasteiger partial charge >= 0.3 is 0 Å². The summed E-state index contributed by atoms with van der Waals surface area (Å²) in [6.45, 7) is 3.36. The zero-order chi connectivity index (χ0) is 14.5. The van der Waals surface area contributed by atoms with E-state index in [0.29, 0.717) is 24.2 Å². The van der Waals surface area contributed by atoms with Gasteiger partial charge in [-0.15, -0.1) is 0 Å². The molecule has 0 heterocycles. The molecule has 0 radical (unpaired) electrons. The van der Waals surface area contributed by atoms with Crippen LogP contribution in [0.15, 0.2) is 30.3 Å². The van der Waals surface area contributed by atoms with E-state index in [0.717, 1.165) is 6.54 Å². The van der Waals surface area contributed by atoms with Crippen LogP contribution in [0.1, 0.15) is 63.4 Å². The average molecular weight is 287 g/mol. The topological polar surface area (TPSA) is 21.3 Å². The Bertz CT molecular complexity index is 415. The van der Waals surface area contributed by atoms with Crippen molar-refractivity contribution in [3.05, 3.63) is 35.9 Å². The van der Waals surface area contributed by atoms with E-state index >= 15 is 0 Å². The van der Waals surface area contributed by atoms with Crippen LogP contribution in [0.5, 0.6) is 0 Å². The molecule has 21 heavy (non-hydrogen) atoms. The predicted octanol–water partition coefficient (Wildman–Crippen LogP) is 4.26. The van der Waals surface area contributed by atoms with Crippen LogP contribution >= 0.6 is 0 Å². The summed E-state index contributed by atoms with van der Waals surface area (Å²) in [7, 11) is 0. The number of ether oxygens (including phenoxy) is 1. The maximum absolute atomic E-state index is 6.43. The van der Waals surface area contributed by atoms with Crippen LogP contribution in [0.3, 0.4) is 0 Å². The maximum atomic E-state index is 6.43. The molecule has 2 saturated carbocycles. The minimum Gasteiger partial charge on any atom is -0.373 e. The van der Waals surface area contributed by atoms with Gasteiger partial charge in [0.25, 0.3) is 0 Å². The van der Waals surface area contributed by atoms with E-state index in [1.165, 1.54) is 50.5 Å². The second-order valence-corrected chi connectivity index (χ2v) is 6.71. The molecule has 3 unspecified atom stereocenters. The van der Waals surface area contributed by atoms with Crippen molar-refractivity contribution in [2.45, 2.75) is 76.0 Å². The molecule has 0 aromatic heterocycles. The summed E-state index contributed by atoms with van der Waals surface area (Å²) in [5, 5.41) is 3.72. The summed E-state index contributed by atoms with van der Waals surface area (Å²) in [6.07, 6.45) is 9.76. The molecule has 3 rings (SSSR count). The quantitative estimate of drug-likeness (QED) is 0.844. The van der Waals surface area contributed by atoms with Crippen LogP contribution in [0.2, 0.25) is 0 Å². The van der Waals surface area contributed by atoms with Crippen molar-refractivity contribution in [1.29, 1.82) is 0 Å². The molecule has 2 aliphatic rings. The highest BCUT2D eigenvalue weighted by atomic mass is 16.5. The SMILES string of the molecule is CCCNC1CCC(c2ccccc2)CC1OC1CCC1. The summed E-state index contributed by atoms with van der Waals surface area (Å²) < 4.78 is 6.43. The molecule has 1 aromatic carbocycles. The van der Waals surface area contributed by atoms with Gasteiger partial charge in [0, 0.05) is 6.04 Å². The molecule has 0 aliphatic heterocycles. The molecule has 0 saturated heterocycles. The first-order chi connectivity index (χ1) is 10.4. The lowest BCUT2D eigenvalue weighted by atomic mass is 9.79. The summed E-state index contributed by atoms with van der Waals surface area (Å²) in [4.78, 5) is 0. The van der Waals surface area contributed by atoms with Gasteiger partial charge in [0.05, 0.1) is 12.2 Å². The molecule has 2 fully saturated rings. The molecule has 1 N–H and O–H groups in total. The van der Waals surface area contributed by atoms with E-state index in [1.54, 1.807) is 0 Å². The number of nitrogens with one attached hydrogen (secondary N) is 1. The summed E-state index contributed by atoms with van der Waals surface area (Å²) in [5.74, 6) is 0.677. The van der Waals surface area contributed by atoms with E-state index in [2.05, 4.69) is 42.6 Å². The van der Waals surface area contributed by atoms with E-state index in [4.69, 9.17) is 4.74 Å². The van der Waals surface area contributed by atoms with Crippen LogP contribution in [0.4, 0.5) is 0 Å². The number of benzene rings is 1. The Morgan fingerprint density at radius 2 is 1.90 bits per heavy atom. The fourth-order valence-corrected chi connectivity index (χ4v) is 3.62. The van der Waals surface area contributed by atoms with Gasteiger partial charge in [-0.2, -0.15) is 0 Å². The molecule has 2 heteroatoms. The smallest absolute Gasteiger partial charge is 0.0737 e. The van der Waals surface area contributed by atoms with E-state index in [1.807, 2.05) is 0 Å². The van der Waals surface area contributed by atoms with Crippen molar-refractivity contribution in [1.82, 2.24) is 5.32 Å². The third-order valence-electron chi connectivity index (χ3n) is 5.14. The Balaban J connectivity index is 1.63. The fourth-order valence-electron chi connectivity index (χ4n) is 3.62. The first-order valence-corrected chi connectivity index (χ1v) is 8.80. The highest BCUT2D eigenvalue weighted by Crippen LogP contribution is 2.36. The molecule has 3 atom stereocenters. The van der Waals surface area contributed by atoms with Gasteiger partial charge in [-0.05, 0) is 63.0 Å². The minimum absolute atomic E-state index is 0.404. The number of hydrogen-bond donors (Lipinski definition) is 1. The molecule has 2 aliphatic carbocycles. The molecule has 116 valence electrons. The van der Waals surface area contributed by atoms with Gasteiger partial charge in [0.15, 0.2) is 0 Å². The third-order valence-corrected chi connectivity index (χ3v) is 5.14. The molecule has 1 aromatic rings. The van der Waals surface area contributed by atoms with Crippen molar-refractivity contribution >= 4 is 0 Å². The molecule has 2 nitrogen and oxygen atoms in total. The van der Waals surface area contributed by atoms with Crippen molar-refractivity contribution in [3.8, 4) is 0 Å². The van der Waals surface area contributed by atoms with Gasteiger partial charge in [-0.3, -0.25) is 0 Å². The summed E-state index contributed by atoms with van der Waals surface area (Å²) >= 11 is 0. The standard InChI is InChI=1S/C19H29NO/c1-2-13-20-18-12-11-16(15-7-4-3-5-8-15)14-19(18)21-17-9-6-10-17/h3-5,7-8,16-20H,2,6,9-14H2,1H3. The minimum atomic E-state index is 0.404. The van der Waals surface area contributed by atoms with Crippen LogP contribution in [-0.2, 0) is 4.74 Å². The normalized spacial score (nSPS) is 30.0. The van der Waals surface area contributed by atoms with E-state index < -0.39 is 0 Å². The molecule has 0 amide bonds. The van der Waals surface area contributed by atoms with Crippen LogP contribution in [-0.4, -0.2) is 24.8 Å². The lowest BCUT2D eigenvalue weighted by Crippen LogP contribution is -2.47. The number of hydrogen-bond acceptors (Lipinski definition) is 2. The van der Waals surface area contributed by atoms with Gasteiger partial charge in [0.2, 0.25) is 0 Å². The van der Waals surface area contributed by atoms with Gasteiger partial charge in [0.1, 0.15) is 0 Å². The maximum Gasteiger partial charge on any atom is 0.0737 e. The number of rotatable bonds is 6. The molecular formula is C19H29NO. The van der Waals surface area contributed by atoms with Crippen molar-refractivity contribution in [3.63, 3.8) is 0 Å². The van der Waals surface area contributed by atoms with Crippen LogP contribution in [0.25, 0.3) is 0 Å². The Morgan fingerprint density at radius 1 is 1.10 bits per heavy atom. The van der Waals surface area contributed by atoms with Crippen LogP contribution < -0.4 is 5.32 Å². The first kappa shape index (κ1) is 15.1. The molecule has 0 spiro atoms. The van der Waals surface area contributed by atoms with Crippen molar-refractivity contribution in [2.24, 2.45) is 0 Å². The Hall–Kier alpha value is -0.860. The Morgan fingerprint density at radius 3 is 2.57 bits per heavy atom. The summed E-state index contributed by atoms with van der Waals surface area (Å²) in [6, 6.07) is 11.6.